The van der Waals surface area contributed by atoms with E-state index in [1.165, 1.54) is 6.07 Å². The quantitative estimate of drug-likeness (QED) is 0.877. The summed E-state index contributed by atoms with van der Waals surface area (Å²) >= 11 is 0. The highest BCUT2D eigenvalue weighted by atomic mass is 16.5. The van der Waals surface area contributed by atoms with Crippen LogP contribution < -0.4 is 10.9 Å². The van der Waals surface area contributed by atoms with E-state index in [0.29, 0.717) is 13.2 Å². The van der Waals surface area contributed by atoms with Gasteiger partial charge in [-0.3, -0.25) is 9.59 Å². The van der Waals surface area contributed by atoms with Crippen molar-refractivity contribution in [3.8, 4) is 0 Å². The van der Waals surface area contributed by atoms with Crippen LogP contribution in [0, 0.1) is 5.92 Å². The third-order valence-electron chi connectivity index (χ3n) is 4.09. The molecule has 1 saturated heterocycles. The van der Waals surface area contributed by atoms with E-state index in [2.05, 4.69) is 15.3 Å². The maximum Gasteiger partial charge on any atom is 0.247 e. The van der Waals surface area contributed by atoms with Gasteiger partial charge in [-0.05, 0) is 18.4 Å². The first-order chi connectivity index (χ1) is 11.1. The van der Waals surface area contributed by atoms with Crippen LogP contribution in [0.4, 0.5) is 0 Å². The lowest BCUT2D eigenvalue weighted by molar-refractivity contribution is -0.135. The Bertz CT molecular complexity index is 716. The highest BCUT2D eigenvalue weighted by Crippen LogP contribution is 2.32. The lowest BCUT2D eigenvalue weighted by Gasteiger charge is -2.30. The number of aromatic amines is 1. The summed E-state index contributed by atoms with van der Waals surface area (Å²) < 4.78 is 7.70. The number of aryl methyl sites for hydroxylation is 1. The number of hydrogen-bond acceptors (Lipinski definition) is 4. The summed E-state index contributed by atoms with van der Waals surface area (Å²) in [7, 11) is 1.90. The summed E-state index contributed by atoms with van der Waals surface area (Å²) in [6.07, 6.45) is 6.48. The standard InChI is InChI=1S/C16H20N4O3/c1-20-7-6-17-15(20)14-12(3-2-8-23-14)16(22)19-10-11-4-5-13(21)18-9-11/h4-7,9,12,14H,2-3,8,10H2,1H3,(H,18,21)(H,19,22)/t12-,14-/m1/s1. The van der Waals surface area contributed by atoms with E-state index < -0.39 is 0 Å². The van der Waals surface area contributed by atoms with Crippen LogP contribution in [0.25, 0.3) is 0 Å². The van der Waals surface area contributed by atoms with E-state index in [4.69, 9.17) is 4.74 Å². The molecule has 0 spiro atoms. The molecule has 0 saturated carbocycles. The Morgan fingerprint density at radius 1 is 1.52 bits per heavy atom. The average molecular weight is 316 g/mol. The summed E-state index contributed by atoms with van der Waals surface area (Å²) in [5.74, 6) is 0.463. The first-order valence-electron chi connectivity index (χ1n) is 7.69. The van der Waals surface area contributed by atoms with Gasteiger partial charge >= 0.3 is 0 Å². The zero-order valence-corrected chi connectivity index (χ0v) is 13.0. The molecule has 2 atom stereocenters. The predicted octanol–water partition coefficient (Wildman–Crippen LogP) is 0.892. The van der Waals surface area contributed by atoms with Crippen molar-refractivity contribution in [1.29, 1.82) is 0 Å². The van der Waals surface area contributed by atoms with Crippen LogP contribution in [-0.2, 0) is 23.1 Å². The number of ether oxygens (including phenoxy) is 1. The van der Waals surface area contributed by atoms with Crippen molar-refractivity contribution in [3.05, 3.63) is 52.5 Å². The molecule has 2 aromatic rings. The Labute approximate surface area is 133 Å². The minimum atomic E-state index is -0.320. The second-order valence-electron chi connectivity index (χ2n) is 5.72. The average Bonchev–Trinajstić information content (AvgIpc) is 3.00. The lowest BCUT2D eigenvalue weighted by atomic mass is 9.92. The zero-order chi connectivity index (χ0) is 16.2. The van der Waals surface area contributed by atoms with E-state index in [1.807, 2.05) is 17.8 Å². The topological polar surface area (TPSA) is 89.0 Å². The summed E-state index contributed by atoms with van der Waals surface area (Å²) in [5, 5.41) is 2.92. The van der Waals surface area contributed by atoms with E-state index in [1.54, 1.807) is 18.5 Å². The van der Waals surface area contributed by atoms with Gasteiger partial charge in [-0.1, -0.05) is 6.07 Å². The van der Waals surface area contributed by atoms with Gasteiger partial charge in [0, 0.05) is 44.9 Å². The van der Waals surface area contributed by atoms with Crippen LogP contribution in [0.5, 0.6) is 0 Å². The summed E-state index contributed by atoms with van der Waals surface area (Å²) in [5.41, 5.74) is 0.693. The molecule has 0 aromatic carbocycles. The summed E-state index contributed by atoms with van der Waals surface area (Å²) in [6, 6.07) is 3.15. The Morgan fingerprint density at radius 2 is 2.39 bits per heavy atom. The number of carbonyl (C=O) groups excluding carboxylic acids is 1. The number of carbonyl (C=O) groups is 1. The fourth-order valence-electron chi connectivity index (χ4n) is 2.83. The number of imidazole rings is 1. The molecule has 0 aliphatic carbocycles. The minimum Gasteiger partial charge on any atom is -0.369 e. The maximum atomic E-state index is 12.6. The van der Waals surface area contributed by atoms with Crippen LogP contribution in [0.1, 0.15) is 30.3 Å². The van der Waals surface area contributed by atoms with E-state index in [-0.39, 0.29) is 23.5 Å². The van der Waals surface area contributed by atoms with Gasteiger partial charge in [0.15, 0.2) is 0 Å². The van der Waals surface area contributed by atoms with Gasteiger partial charge in [0.05, 0.1) is 5.92 Å². The number of nitrogens with one attached hydrogen (secondary N) is 2. The summed E-state index contributed by atoms with van der Waals surface area (Å²) in [6.45, 7) is 1.01. The van der Waals surface area contributed by atoms with Gasteiger partial charge in [0.25, 0.3) is 0 Å². The lowest BCUT2D eigenvalue weighted by Crippen LogP contribution is -2.38. The van der Waals surface area contributed by atoms with Gasteiger partial charge in [0.2, 0.25) is 11.5 Å². The molecule has 2 N–H and O–H groups in total. The molecule has 0 radical (unpaired) electrons. The van der Waals surface area contributed by atoms with Crippen molar-refractivity contribution in [2.75, 3.05) is 6.61 Å². The largest absolute Gasteiger partial charge is 0.369 e. The fourth-order valence-corrected chi connectivity index (χ4v) is 2.83. The van der Waals surface area contributed by atoms with E-state index >= 15 is 0 Å². The fraction of sp³-hybridized carbons (Fsp3) is 0.438. The number of nitrogens with zero attached hydrogens (tertiary/aromatic N) is 2. The molecule has 23 heavy (non-hydrogen) atoms. The van der Waals surface area contributed by atoms with Crippen molar-refractivity contribution in [2.24, 2.45) is 13.0 Å². The molecule has 3 rings (SSSR count). The minimum absolute atomic E-state index is 0.0519. The Morgan fingerprint density at radius 3 is 3.09 bits per heavy atom. The van der Waals surface area contributed by atoms with Crippen LogP contribution in [0.15, 0.2) is 35.5 Å². The number of hydrogen-bond donors (Lipinski definition) is 2. The molecule has 2 aromatic heterocycles. The number of rotatable bonds is 4. The predicted molar refractivity (Wildman–Crippen MR) is 83.5 cm³/mol. The van der Waals surface area contributed by atoms with Crippen LogP contribution in [-0.4, -0.2) is 27.0 Å². The molecule has 1 amide bonds. The monoisotopic (exact) mass is 316 g/mol. The Kier molecular flexibility index (Phi) is 4.57. The molecular formula is C16H20N4O3. The molecular weight excluding hydrogens is 296 g/mol. The Hall–Kier alpha value is -2.41. The first kappa shape index (κ1) is 15.5. The number of pyridine rings is 1. The molecule has 122 valence electrons. The van der Waals surface area contributed by atoms with E-state index in [9.17, 15) is 9.59 Å². The second kappa shape index (κ2) is 6.78. The molecule has 1 aliphatic heterocycles. The number of H-pyrrole nitrogens is 1. The van der Waals surface area contributed by atoms with Gasteiger partial charge in [0.1, 0.15) is 11.9 Å². The van der Waals surface area contributed by atoms with Crippen LogP contribution >= 0.6 is 0 Å². The SMILES string of the molecule is Cn1ccnc1[C@@H]1OCCC[C@H]1C(=O)NCc1ccc(=O)[nH]c1. The highest BCUT2D eigenvalue weighted by Gasteiger charge is 2.35. The molecule has 1 aliphatic rings. The van der Waals surface area contributed by atoms with Crippen LogP contribution in [0.3, 0.4) is 0 Å². The Balaban J connectivity index is 1.68. The third kappa shape index (κ3) is 3.50. The van der Waals surface area contributed by atoms with Gasteiger partial charge < -0.3 is 19.6 Å². The second-order valence-corrected chi connectivity index (χ2v) is 5.72. The zero-order valence-electron chi connectivity index (χ0n) is 13.0. The molecule has 1 fully saturated rings. The van der Waals surface area contributed by atoms with Crippen molar-refractivity contribution in [3.63, 3.8) is 0 Å². The first-order valence-corrected chi connectivity index (χ1v) is 7.69. The molecule has 3 heterocycles. The molecule has 7 heteroatoms. The highest BCUT2D eigenvalue weighted by molar-refractivity contribution is 5.79. The van der Waals surface area contributed by atoms with Crippen molar-refractivity contribution < 1.29 is 9.53 Å². The maximum absolute atomic E-state index is 12.6. The third-order valence-corrected chi connectivity index (χ3v) is 4.09. The van der Waals surface area contributed by atoms with Crippen LogP contribution in [0.2, 0.25) is 0 Å². The summed E-state index contributed by atoms with van der Waals surface area (Å²) in [4.78, 5) is 30.5. The van der Waals surface area contributed by atoms with E-state index in [0.717, 1.165) is 24.2 Å². The smallest absolute Gasteiger partial charge is 0.247 e. The normalized spacial score (nSPS) is 21.1. The van der Waals surface area contributed by atoms with Gasteiger partial charge in [-0.25, -0.2) is 4.98 Å². The number of aromatic nitrogens is 3. The van der Waals surface area contributed by atoms with Crippen molar-refractivity contribution in [2.45, 2.75) is 25.5 Å². The van der Waals surface area contributed by atoms with Crippen molar-refractivity contribution >= 4 is 5.91 Å². The molecule has 0 bridgehead atoms. The van der Waals surface area contributed by atoms with Gasteiger partial charge in [-0.15, -0.1) is 0 Å². The molecule has 7 nitrogen and oxygen atoms in total. The van der Waals surface area contributed by atoms with Gasteiger partial charge in [-0.2, -0.15) is 0 Å². The van der Waals surface area contributed by atoms with Crippen molar-refractivity contribution in [1.82, 2.24) is 19.9 Å². The number of amides is 1. The molecule has 0 unspecified atom stereocenters.